The highest BCUT2D eigenvalue weighted by atomic mass is 16.5. The van der Waals surface area contributed by atoms with Crippen molar-refractivity contribution in [1.82, 2.24) is 4.98 Å². The molecule has 5 nitrogen and oxygen atoms in total. The Labute approximate surface area is 163 Å². The first-order chi connectivity index (χ1) is 13.7. The number of aromatic nitrogens is 1. The summed E-state index contributed by atoms with van der Waals surface area (Å²) in [5.74, 6) is 1.06. The summed E-state index contributed by atoms with van der Waals surface area (Å²) in [5.41, 5.74) is 4.18. The van der Waals surface area contributed by atoms with Gasteiger partial charge in [0.25, 0.3) is 5.91 Å². The monoisotopic (exact) mass is 374 g/mol. The molecule has 0 aliphatic rings. The number of amides is 1. The zero-order valence-electron chi connectivity index (χ0n) is 15.9. The second-order valence-electron chi connectivity index (χ2n) is 6.59. The number of aryl methyl sites for hydroxylation is 1. The summed E-state index contributed by atoms with van der Waals surface area (Å²) >= 11 is 0. The molecule has 28 heavy (non-hydrogen) atoms. The lowest BCUT2D eigenvalue weighted by atomic mass is 10.1. The maximum Gasteiger partial charge on any atom is 0.262 e. The minimum atomic E-state index is -0.215. The largest absolute Gasteiger partial charge is 0.497 e. The zero-order valence-corrected chi connectivity index (χ0v) is 15.9. The number of hydrogen-bond acceptors (Lipinski definition) is 3. The average molecular weight is 374 g/mol. The van der Waals surface area contributed by atoms with E-state index in [1.165, 1.54) is 10.9 Å². The van der Waals surface area contributed by atoms with Crippen LogP contribution < -0.4 is 14.8 Å². The molecule has 1 amide bonds. The highest BCUT2D eigenvalue weighted by molar-refractivity contribution is 6.09. The molecule has 1 aromatic heterocycles. The number of fused-ring (bicyclic) bond motifs is 3. The molecule has 0 unspecified atom stereocenters. The van der Waals surface area contributed by atoms with Gasteiger partial charge < -0.3 is 19.8 Å². The van der Waals surface area contributed by atoms with Crippen molar-refractivity contribution in [2.45, 2.75) is 13.3 Å². The van der Waals surface area contributed by atoms with Crippen LogP contribution in [0.1, 0.15) is 12.5 Å². The van der Waals surface area contributed by atoms with Crippen LogP contribution in [0.5, 0.6) is 11.5 Å². The molecule has 1 heterocycles. The van der Waals surface area contributed by atoms with Crippen LogP contribution in [0, 0.1) is 0 Å². The zero-order chi connectivity index (χ0) is 19.5. The van der Waals surface area contributed by atoms with Crippen molar-refractivity contribution in [3.63, 3.8) is 0 Å². The number of hydrogen-bond donors (Lipinski definition) is 2. The maximum absolute atomic E-state index is 12.3. The third-order valence-electron chi connectivity index (χ3n) is 4.80. The Hall–Kier alpha value is -3.47. The molecule has 0 aliphatic carbocycles. The number of anilines is 1. The van der Waals surface area contributed by atoms with E-state index in [1.807, 2.05) is 30.3 Å². The van der Waals surface area contributed by atoms with E-state index in [-0.39, 0.29) is 12.5 Å². The summed E-state index contributed by atoms with van der Waals surface area (Å²) in [6.45, 7) is 2.08. The number of carbonyl (C=O) groups excluding carboxylic acids is 1. The summed E-state index contributed by atoms with van der Waals surface area (Å²) in [7, 11) is 1.59. The molecule has 0 spiro atoms. The Morgan fingerprint density at radius 3 is 2.64 bits per heavy atom. The molecule has 0 atom stereocenters. The number of benzene rings is 3. The van der Waals surface area contributed by atoms with E-state index in [9.17, 15) is 4.79 Å². The summed E-state index contributed by atoms with van der Waals surface area (Å²) in [5, 5.41) is 5.24. The van der Waals surface area contributed by atoms with Crippen molar-refractivity contribution in [3.8, 4) is 11.5 Å². The topological polar surface area (TPSA) is 63.4 Å². The van der Waals surface area contributed by atoms with Crippen LogP contribution in [-0.4, -0.2) is 24.6 Å². The van der Waals surface area contributed by atoms with Gasteiger partial charge in [0.1, 0.15) is 11.5 Å². The number of rotatable bonds is 6. The van der Waals surface area contributed by atoms with Crippen molar-refractivity contribution in [3.05, 3.63) is 66.2 Å². The van der Waals surface area contributed by atoms with Gasteiger partial charge in [-0.15, -0.1) is 0 Å². The third kappa shape index (κ3) is 3.51. The Morgan fingerprint density at radius 1 is 1.00 bits per heavy atom. The van der Waals surface area contributed by atoms with Gasteiger partial charge in [-0.3, -0.25) is 4.79 Å². The minimum Gasteiger partial charge on any atom is -0.497 e. The van der Waals surface area contributed by atoms with Gasteiger partial charge in [-0.25, -0.2) is 0 Å². The molecular formula is C23H22N2O3. The first kappa shape index (κ1) is 17.9. The molecule has 0 saturated carbocycles. The number of H-pyrrole nitrogens is 1. The summed E-state index contributed by atoms with van der Waals surface area (Å²) in [6, 6.07) is 19.4. The van der Waals surface area contributed by atoms with Crippen molar-refractivity contribution in [1.29, 1.82) is 0 Å². The number of nitrogens with one attached hydrogen (secondary N) is 2. The summed E-state index contributed by atoms with van der Waals surface area (Å²) < 4.78 is 10.7. The van der Waals surface area contributed by atoms with E-state index >= 15 is 0 Å². The quantitative estimate of drug-likeness (QED) is 0.504. The Bertz CT molecular complexity index is 1150. The van der Waals surface area contributed by atoms with Crippen LogP contribution >= 0.6 is 0 Å². The van der Waals surface area contributed by atoms with Crippen LogP contribution in [0.4, 0.5) is 5.69 Å². The SMILES string of the molecule is CCc1cccc2c1[nH]c1cc(NC(=O)COc3cccc(OC)c3)ccc12. The summed E-state index contributed by atoms with van der Waals surface area (Å²) in [6.07, 6.45) is 0.968. The fraction of sp³-hybridized carbons (Fsp3) is 0.174. The predicted octanol–water partition coefficient (Wildman–Crippen LogP) is 4.91. The number of aromatic amines is 1. The lowest BCUT2D eigenvalue weighted by Crippen LogP contribution is -2.20. The average Bonchev–Trinajstić information content (AvgIpc) is 3.10. The normalized spacial score (nSPS) is 10.9. The van der Waals surface area contributed by atoms with E-state index in [2.05, 4.69) is 35.4 Å². The van der Waals surface area contributed by atoms with Gasteiger partial charge in [-0.05, 0) is 36.2 Å². The second kappa shape index (κ2) is 7.64. The van der Waals surface area contributed by atoms with Gasteiger partial charge >= 0.3 is 0 Å². The standard InChI is InChI=1S/C23H22N2O3/c1-3-15-6-4-9-20-19-11-10-16(12-21(19)25-23(15)20)24-22(26)14-28-18-8-5-7-17(13-18)27-2/h4-13,25H,3,14H2,1-2H3,(H,24,26). The van der Waals surface area contributed by atoms with E-state index in [1.54, 1.807) is 19.2 Å². The van der Waals surface area contributed by atoms with E-state index in [0.29, 0.717) is 11.5 Å². The minimum absolute atomic E-state index is 0.0715. The van der Waals surface area contributed by atoms with Gasteiger partial charge in [-0.1, -0.05) is 37.3 Å². The van der Waals surface area contributed by atoms with Crippen molar-refractivity contribution in [2.24, 2.45) is 0 Å². The van der Waals surface area contributed by atoms with E-state index in [4.69, 9.17) is 9.47 Å². The van der Waals surface area contributed by atoms with Gasteiger partial charge in [0.2, 0.25) is 0 Å². The molecule has 3 aromatic carbocycles. The Kier molecular flexibility index (Phi) is 4.89. The van der Waals surface area contributed by atoms with Crippen LogP contribution in [-0.2, 0) is 11.2 Å². The fourth-order valence-electron chi connectivity index (χ4n) is 3.40. The van der Waals surface area contributed by atoms with Gasteiger partial charge in [0.15, 0.2) is 6.61 Å². The lowest BCUT2D eigenvalue weighted by molar-refractivity contribution is -0.118. The molecular weight excluding hydrogens is 352 g/mol. The van der Waals surface area contributed by atoms with Gasteiger partial charge in [0, 0.05) is 33.6 Å². The first-order valence-corrected chi connectivity index (χ1v) is 9.28. The van der Waals surface area contributed by atoms with Crippen molar-refractivity contribution in [2.75, 3.05) is 19.0 Å². The number of carbonyl (C=O) groups is 1. The second-order valence-corrected chi connectivity index (χ2v) is 6.59. The number of para-hydroxylation sites is 1. The van der Waals surface area contributed by atoms with Crippen LogP contribution in [0.25, 0.3) is 21.8 Å². The molecule has 0 radical (unpaired) electrons. The summed E-state index contributed by atoms with van der Waals surface area (Å²) in [4.78, 5) is 15.8. The lowest BCUT2D eigenvalue weighted by Gasteiger charge is -2.08. The van der Waals surface area contributed by atoms with Gasteiger partial charge in [0.05, 0.1) is 7.11 Å². The Balaban J connectivity index is 1.49. The highest BCUT2D eigenvalue weighted by Crippen LogP contribution is 2.29. The number of ether oxygens (including phenoxy) is 2. The molecule has 4 rings (SSSR count). The maximum atomic E-state index is 12.3. The molecule has 142 valence electrons. The highest BCUT2D eigenvalue weighted by Gasteiger charge is 2.09. The molecule has 5 heteroatoms. The first-order valence-electron chi connectivity index (χ1n) is 9.28. The Morgan fingerprint density at radius 2 is 1.82 bits per heavy atom. The number of methoxy groups -OCH3 is 1. The fourth-order valence-corrected chi connectivity index (χ4v) is 3.40. The van der Waals surface area contributed by atoms with Crippen molar-refractivity contribution >= 4 is 33.4 Å². The molecule has 4 aromatic rings. The van der Waals surface area contributed by atoms with Crippen LogP contribution in [0.15, 0.2) is 60.7 Å². The molecule has 0 saturated heterocycles. The van der Waals surface area contributed by atoms with Crippen LogP contribution in [0.3, 0.4) is 0 Å². The van der Waals surface area contributed by atoms with E-state index < -0.39 is 0 Å². The smallest absolute Gasteiger partial charge is 0.262 e. The molecule has 0 aliphatic heterocycles. The molecule has 0 fully saturated rings. The van der Waals surface area contributed by atoms with Crippen molar-refractivity contribution < 1.29 is 14.3 Å². The van der Waals surface area contributed by atoms with E-state index in [0.717, 1.165) is 28.5 Å². The van der Waals surface area contributed by atoms with Crippen LogP contribution in [0.2, 0.25) is 0 Å². The molecule has 0 bridgehead atoms. The molecule has 2 N–H and O–H groups in total. The third-order valence-corrected chi connectivity index (χ3v) is 4.80. The van der Waals surface area contributed by atoms with Gasteiger partial charge in [-0.2, -0.15) is 0 Å². The predicted molar refractivity (Wildman–Crippen MR) is 112 cm³/mol.